The molecule has 1 aromatic rings. The van der Waals surface area contributed by atoms with Crippen LogP contribution in [-0.4, -0.2) is 185 Å². The molecule has 0 saturated carbocycles. The highest BCUT2D eigenvalue weighted by Gasteiger charge is 2.48. The monoisotopic (exact) mass is 872 g/mol. The number of phenols is 1. The number of hydrogen-bond donors (Lipinski definition) is 12. The zero-order valence-corrected chi connectivity index (χ0v) is 31.0. The van der Waals surface area contributed by atoms with Gasteiger partial charge in [0.2, 0.25) is 18.9 Å². The lowest BCUT2D eigenvalue weighted by molar-refractivity contribution is -0.305. The molecular formula is C36H40O25-2. The Labute approximate surface area is 340 Å². The highest BCUT2D eigenvalue weighted by molar-refractivity contribution is 5.89. The highest BCUT2D eigenvalue weighted by Crippen LogP contribution is 2.47. The third-order valence-corrected chi connectivity index (χ3v) is 9.88. The molecular weight excluding hydrogens is 832 g/mol. The van der Waals surface area contributed by atoms with Gasteiger partial charge in [0.15, 0.2) is 16.9 Å². The molecule has 3 fully saturated rings. The Hall–Kier alpha value is -4.97. The Kier molecular flexibility index (Phi) is 13.9. The first-order valence-corrected chi connectivity index (χ1v) is 18.2. The maximum atomic E-state index is 14.0. The van der Waals surface area contributed by atoms with E-state index in [1.54, 1.807) is 0 Å². The smallest absolute Gasteiger partial charge is 0.311 e. The van der Waals surface area contributed by atoms with Gasteiger partial charge in [-0.25, -0.2) is 0 Å². The quantitative estimate of drug-likeness (QED) is 0.0560. The van der Waals surface area contributed by atoms with E-state index in [0.29, 0.717) is 0 Å². The molecule has 5 aliphatic rings. The van der Waals surface area contributed by atoms with Gasteiger partial charge in [0.1, 0.15) is 103 Å². The number of aliphatic carboxylic acids is 1. The first-order chi connectivity index (χ1) is 28.8. The van der Waals surface area contributed by atoms with Gasteiger partial charge in [0.25, 0.3) is 0 Å². The predicted molar refractivity (Wildman–Crippen MR) is 185 cm³/mol. The van der Waals surface area contributed by atoms with Crippen molar-refractivity contribution in [2.24, 2.45) is 0 Å². The molecule has 0 bridgehead atoms. The van der Waals surface area contributed by atoms with E-state index in [0.717, 1.165) is 30.3 Å². The second-order valence-corrected chi connectivity index (χ2v) is 14.1. The van der Waals surface area contributed by atoms with Crippen LogP contribution in [0, 0.1) is 0 Å². The van der Waals surface area contributed by atoms with E-state index < -0.39 is 170 Å². The van der Waals surface area contributed by atoms with Crippen molar-refractivity contribution in [2.75, 3.05) is 19.8 Å². The zero-order valence-electron chi connectivity index (χ0n) is 31.0. The van der Waals surface area contributed by atoms with Crippen LogP contribution in [0.5, 0.6) is 28.7 Å². The lowest BCUT2D eigenvalue weighted by Gasteiger charge is -2.41. The van der Waals surface area contributed by atoms with Crippen molar-refractivity contribution in [3.63, 3.8) is 0 Å². The normalized spacial score (nSPS) is 34.1. The second kappa shape index (κ2) is 18.6. The summed E-state index contributed by atoms with van der Waals surface area (Å²) in [6.45, 7) is -2.70. The topological polar surface area (TPSA) is 418 Å². The number of esters is 1. The Bertz CT molecular complexity index is 1990. The van der Waals surface area contributed by atoms with Crippen molar-refractivity contribution in [3.8, 4) is 51.4 Å². The molecule has 1 aliphatic carbocycles. The van der Waals surface area contributed by atoms with E-state index in [4.69, 9.17) is 37.6 Å². The second-order valence-electron chi connectivity index (χ2n) is 14.1. The van der Waals surface area contributed by atoms with Crippen LogP contribution in [0.1, 0.15) is 6.42 Å². The summed E-state index contributed by atoms with van der Waals surface area (Å²) in [5, 5.41) is 150. The van der Waals surface area contributed by atoms with Gasteiger partial charge in [-0.3, -0.25) is 9.59 Å². The van der Waals surface area contributed by atoms with Crippen molar-refractivity contribution < 1.29 is 119 Å². The Balaban J connectivity index is 1.46. The average Bonchev–Trinajstić information content (AvgIpc) is 3.21. The van der Waals surface area contributed by atoms with E-state index in [2.05, 4.69) is 0 Å². The summed E-state index contributed by atoms with van der Waals surface area (Å²) in [7, 11) is 0. The molecule has 15 atom stereocenters. The molecule has 6 rings (SSSR count). The molecule has 4 aliphatic heterocycles. The lowest BCUT2D eigenvalue weighted by Crippen LogP contribution is -2.60. The molecule has 25 heteroatoms. The van der Waals surface area contributed by atoms with Gasteiger partial charge in [-0.2, -0.15) is 0 Å². The van der Waals surface area contributed by atoms with Crippen molar-refractivity contribution >= 4 is 11.9 Å². The summed E-state index contributed by atoms with van der Waals surface area (Å²) in [5.41, 5.74) is -1.39. The van der Waals surface area contributed by atoms with Crippen LogP contribution in [0.2, 0.25) is 0 Å². The van der Waals surface area contributed by atoms with Crippen molar-refractivity contribution in [1.82, 2.24) is 0 Å². The first-order valence-electron chi connectivity index (χ1n) is 18.2. The largest absolute Gasteiger partial charge is 0.867 e. The Morgan fingerprint density at radius 3 is 1.56 bits per heavy atom. The minimum atomic E-state index is -2.12. The first kappa shape index (κ1) is 45.6. The zero-order chi connectivity index (χ0) is 44.6. The number of carbonyl (C=O) groups is 2. The average molecular weight is 873 g/mol. The van der Waals surface area contributed by atoms with E-state index in [1.807, 2.05) is 0 Å². The van der Waals surface area contributed by atoms with Crippen molar-refractivity contribution in [3.05, 3.63) is 40.6 Å². The van der Waals surface area contributed by atoms with E-state index in [9.17, 15) is 85.9 Å². The summed E-state index contributed by atoms with van der Waals surface area (Å²) in [6, 6.07) is 4.46. The molecule has 1 aromatic carbocycles. The summed E-state index contributed by atoms with van der Waals surface area (Å²) in [6.07, 6.45) is -30.1. The number of benzene rings is 2. The summed E-state index contributed by atoms with van der Waals surface area (Å²) >= 11 is 0. The van der Waals surface area contributed by atoms with Gasteiger partial charge in [-0.15, -0.1) is 0 Å². The number of ether oxygens (including phenoxy) is 7. The third kappa shape index (κ3) is 9.44. The number of aliphatic hydroxyl groups excluding tert-OH is 11. The molecule has 25 nitrogen and oxygen atoms in total. The predicted octanol–water partition coefficient (Wildman–Crippen LogP) is -7.58. The summed E-state index contributed by atoms with van der Waals surface area (Å²) in [5.74, 6) is -8.23. The van der Waals surface area contributed by atoms with Crippen molar-refractivity contribution in [1.29, 1.82) is 0 Å². The number of carboxylic acids is 1. The van der Waals surface area contributed by atoms with Crippen LogP contribution in [0.25, 0.3) is 22.6 Å². The number of fused-ring (bicyclic) bond motifs is 1. The lowest BCUT2D eigenvalue weighted by atomic mass is 9.99. The number of carbonyl (C=O) groups excluding carboxylic acids is 2. The van der Waals surface area contributed by atoms with Gasteiger partial charge < -0.3 is 114 Å². The number of phenolic OH excluding ortho intramolecular Hbond substituents is 1. The Morgan fingerprint density at radius 1 is 0.623 bits per heavy atom. The fourth-order valence-corrected chi connectivity index (χ4v) is 6.55. The minimum absolute atomic E-state index is 0.229. The maximum Gasteiger partial charge on any atom is 0.311 e. The fraction of sp³-hybridized carbons (Fsp3) is 0.528. The molecule has 12 N–H and O–H groups in total. The van der Waals surface area contributed by atoms with Crippen LogP contribution in [0.4, 0.5) is 0 Å². The molecule has 4 heterocycles. The summed E-state index contributed by atoms with van der Waals surface area (Å²) in [4.78, 5) is 35.1. The minimum Gasteiger partial charge on any atom is -0.867 e. The molecule has 0 aromatic heterocycles. The van der Waals surface area contributed by atoms with Crippen LogP contribution < -0.4 is 29.9 Å². The number of aliphatic hydroxyl groups is 11. The van der Waals surface area contributed by atoms with Gasteiger partial charge >= 0.3 is 5.97 Å². The fourth-order valence-electron chi connectivity index (χ4n) is 6.55. The standard InChI is InChI=1S/C36H42O25/c37-7-18-24(45)27(48)30(51)34(59-18)56-15-1-10(2-16(23(15)44)57-35-31(52)28(49)25(46)19(8-38)60-35)33-17(5-12-13(40)3-11(39)4-14(12)55-33)58-36-32(53)29(50)26(47)20(61-36)9-54-22(43)6-21(41)42/h1-5,18-20,24-32,34-38,40,44-53H,6-9H2,(H,41,42)/p-2/t18-,19-,20-,24-,25-,26-,27+,28+,29+,30-,31-,32-,34-,35?,36-/m1/s1. The number of aromatic hydroxyl groups is 1. The Morgan fingerprint density at radius 2 is 1.08 bits per heavy atom. The maximum absolute atomic E-state index is 14.0. The summed E-state index contributed by atoms with van der Waals surface area (Å²) < 4.78 is 44.2. The van der Waals surface area contributed by atoms with Crippen LogP contribution in [0.3, 0.4) is 0 Å². The van der Waals surface area contributed by atoms with Gasteiger partial charge in [0.05, 0.1) is 31.2 Å². The van der Waals surface area contributed by atoms with E-state index >= 15 is 0 Å². The van der Waals surface area contributed by atoms with Crippen LogP contribution >= 0.6 is 0 Å². The SMILES string of the molecule is O=C([O-])CC(=O)OC[C@H]1O[C@@H](Oc2cc3c(O)cc(=O)cc-3oc2-c2cc(OC3O[C@H](CO)[C@@H](O)[C@H](O)[C@H]3O)c([O-])c(O[C@@H]3O[C@H](CO)[C@@H](O)[C@H](O)[C@H]3O)c2)[C@H](O)[C@@H](O)[C@@H]1O. The van der Waals surface area contributed by atoms with Gasteiger partial charge in [-0.05, 0) is 23.9 Å². The number of rotatable bonds is 13. The van der Waals surface area contributed by atoms with E-state index in [-0.39, 0.29) is 16.9 Å². The molecule has 336 valence electrons. The molecule has 0 radical (unpaired) electrons. The molecule has 61 heavy (non-hydrogen) atoms. The molecule has 1 unspecified atom stereocenters. The molecule has 0 spiro atoms. The van der Waals surface area contributed by atoms with E-state index in [1.165, 1.54) is 0 Å². The molecule has 3 saturated heterocycles. The van der Waals surface area contributed by atoms with Crippen molar-refractivity contribution in [2.45, 2.75) is 98.5 Å². The van der Waals surface area contributed by atoms with Gasteiger partial charge in [-0.1, -0.05) is 0 Å². The molecule has 0 amide bonds. The van der Waals surface area contributed by atoms with Gasteiger partial charge in [0, 0.05) is 17.7 Å². The third-order valence-electron chi connectivity index (χ3n) is 9.88. The van der Waals surface area contributed by atoms with Crippen LogP contribution in [0.15, 0.2) is 39.5 Å². The van der Waals surface area contributed by atoms with Crippen LogP contribution in [-0.2, 0) is 28.5 Å². The number of hydrogen-bond acceptors (Lipinski definition) is 25. The number of carboxylic acid groups (broad SMARTS) is 1. The highest BCUT2D eigenvalue weighted by atomic mass is 16.7.